The van der Waals surface area contributed by atoms with Gasteiger partial charge in [-0.05, 0) is 69.2 Å². The molecule has 0 aromatic carbocycles. The summed E-state index contributed by atoms with van der Waals surface area (Å²) in [5.74, 6) is 1.80. The lowest BCUT2D eigenvalue weighted by molar-refractivity contribution is 0.152. The average Bonchev–Trinajstić information content (AvgIpc) is 3.23. The molecule has 1 aromatic rings. The molecule has 1 N–H and O–H groups in total. The van der Waals surface area contributed by atoms with Crippen molar-refractivity contribution in [2.24, 2.45) is 11.8 Å². The lowest BCUT2D eigenvalue weighted by Crippen LogP contribution is -2.34. The number of thiophene rings is 1. The molecule has 0 bridgehead atoms. The van der Waals surface area contributed by atoms with E-state index < -0.39 is 0 Å². The number of piperidine rings is 1. The van der Waals surface area contributed by atoms with Crippen LogP contribution in [0, 0.1) is 18.8 Å². The molecule has 0 amide bonds. The van der Waals surface area contributed by atoms with Gasteiger partial charge in [0.1, 0.15) is 0 Å². The Morgan fingerprint density at radius 1 is 1.24 bits per heavy atom. The van der Waals surface area contributed by atoms with Gasteiger partial charge in [0.25, 0.3) is 0 Å². The summed E-state index contributed by atoms with van der Waals surface area (Å²) < 4.78 is 0. The fourth-order valence-electron chi connectivity index (χ4n) is 3.38. The summed E-state index contributed by atoms with van der Waals surface area (Å²) in [6, 6.07) is 3.26. The lowest BCUT2D eigenvalue weighted by Gasteiger charge is -2.33. The van der Waals surface area contributed by atoms with Crippen molar-refractivity contribution in [3.63, 3.8) is 0 Å². The highest BCUT2D eigenvalue weighted by atomic mass is 32.1. The fourth-order valence-corrected chi connectivity index (χ4v) is 4.39. The predicted molar refractivity (Wildman–Crippen MR) is 91.8 cm³/mol. The van der Waals surface area contributed by atoms with Gasteiger partial charge in [0.05, 0.1) is 0 Å². The van der Waals surface area contributed by atoms with Gasteiger partial charge in [0.2, 0.25) is 0 Å². The van der Waals surface area contributed by atoms with E-state index in [1.54, 1.807) is 5.56 Å². The third-order valence-electron chi connectivity index (χ3n) is 5.18. The molecule has 2 aliphatic rings. The first-order valence-corrected chi connectivity index (χ1v) is 9.47. The van der Waals surface area contributed by atoms with Crippen molar-refractivity contribution in [3.05, 3.63) is 21.4 Å². The number of hydrogen-bond donors (Lipinski definition) is 1. The van der Waals surface area contributed by atoms with E-state index in [-0.39, 0.29) is 0 Å². The van der Waals surface area contributed by atoms with Crippen molar-refractivity contribution in [2.45, 2.75) is 65.6 Å². The van der Waals surface area contributed by atoms with Gasteiger partial charge in [0, 0.05) is 28.9 Å². The van der Waals surface area contributed by atoms with E-state index in [1.165, 1.54) is 48.5 Å². The second-order valence-corrected chi connectivity index (χ2v) is 8.65. The second kappa shape index (κ2) is 6.80. The summed E-state index contributed by atoms with van der Waals surface area (Å²) in [6.45, 7) is 11.9. The molecule has 1 aliphatic heterocycles. The van der Waals surface area contributed by atoms with Gasteiger partial charge in [0.15, 0.2) is 0 Å². The number of aryl methyl sites for hydroxylation is 1. The highest BCUT2D eigenvalue weighted by Crippen LogP contribution is 2.28. The molecule has 0 atom stereocenters. The van der Waals surface area contributed by atoms with Crippen molar-refractivity contribution in [2.75, 3.05) is 13.1 Å². The van der Waals surface area contributed by atoms with E-state index in [0.29, 0.717) is 0 Å². The summed E-state index contributed by atoms with van der Waals surface area (Å²) in [5, 5.41) is 3.63. The van der Waals surface area contributed by atoms with Crippen molar-refractivity contribution in [3.8, 4) is 0 Å². The quantitative estimate of drug-likeness (QED) is 0.848. The number of nitrogens with zero attached hydrogens (tertiary/aromatic N) is 1. The van der Waals surface area contributed by atoms with Crippen LogP contribution in [-0.4, -0.2) is 24.0 Å². The number of nitrogens with one attached hydrogen (secondary N) is 1. The van der Waals surface area contributed by atoms with E-state index in [2.05, 4.69) is 37.1 Å². The van der Waals surface area contributed by atoms with Crippen molar-refractivity contribution in [1.29, 1.82) is 0 Å². The van der Waals surface area contributed by atoms with Gasteiger partial charge < -0.3 is 5.32 Å². The molecule has 1 saturated heterocycles. The smallest absolute Gasteiger partial charge is 0.0302 e. The molecular formula is C18H30N2S. The molecule has 1 saturated carbocycles. The first-order valence-electron chi connectivity index (χ1n) is 8.65. The Labute approximate surface area is 133 Å². The fraction of sp³-hybridized carbons (Fsp3) is 0.778. The van der Waals surface area contributed by atoms with Gasteiger partial charge in [-0.1, -0.05) is 13.8 Å². The molecule has 1 aliphatic carbocycles. The maximum absolute atomic E-state index is 3.63. The standard InChI is InChI=1S/C18H30N2S/c1-13(2)15-6-8-20(9-7-15)12-16-10-18(21-14(16)3)11-19-17-4-5-17/h10,13,15,17,19H,4-9,11-12H2,1-3H3. The SMILES string of the molecule is Cc1sc(CNC2CC2)cc1CN1CCC(C(C)C)CC1. The Balaban J connectivity index is 1.50. The molecule has 0 spiro atoms. The van der Waals surface area contributed by atoms with Crippen LogP contribution in [0.25, 0.3) is 0 Å². The van der Waals surface area contributed by atoms with Crippen LogP contribution in [0.4, 0.5) is 0 Å². The molecule has 0 radical (unpaired) electrons. The van der Waals surface area contributed by atoms with E-state index in [1.807, 2.05) is 11.3 Å². The van der Waals surface area contributed by atoms with Crippen LogP contribution in [0.15, 0.2) is 6.07 Å². The predicted octanol–water partition coefficient (Wildman–Crippen LogP) is 4.18. The number of rotatable bonds is 6. The lowest BCUT2D eigenvalue weighted by atomic mass is 9.86. The van der Waals surface area contributed by atoms with Crippen LogP contribution in [0.2, 0.25) is 0 Å². The van der Waals surface area contributed by atoms with Gasteiger partial charge in [-0.25, -0.2) is 0 Å². The minimum Gasteiger partial charge on any atom is -0.309 e. The number of likely N-dealkylation sites (tertiary alicyclic amines) is 1. The summed E-state index contributed by atoms with van der Waals surface area (Å²) in [4.78, 5) is 5.70. The minimum atomic E-state index is 0.811. The van der Waals surface area contributed by atoms with Crippen molar-refractivity contribution in [1.82, 2.24) is 10.2 Å². The Morgan fingerprint density at radius 3 is 2.57 bits per heavy atom. The van der Waals surface area contributed by atoms with Crippen LogP contribution < -0.4 is 5.32 Å². The normalized spacial score (nSPS) is 21.3. The van der Waals surface area contributed by atoms with Crippen LogP contribution in [-0.2, 0) is 13.1 Å². The molecule has 2 heterocycles. The zero-order valence-electron chi connectivity index (χ0n) is 13.8. The topological polar surface area (TPSA) is 15.3 Å². The zero-order chi connectivity index (χ0) is 14.8. The second-order valence-electron chi connectivity index (χ2n) is 7.31. The molecule has 0 unspecified atom stereocenters. The summed E-state index contributed by atoms with van der Waals surface area (Å²) >= 11 is 1.99. The maximum atomic E-state index is 3.63. The summed E-state index contributed by atoms with van der Waals surface area (Å²) in [5.41, 5.74) is 1.57. The average molecular weight is 307 g/mol. The third kappa shape index (κ3) is 4.30. The van der Waals surface area contributed by atoms with Gasteiger partial charge >= 0.3 is 0 Å². The van der Waals surface area contributed by atoms with E-state index in [4.69, 9.17) is 0 Å². The maximum Gasteiger partial charge on any atom is 0.0302 e. The Hall–Kier alpha value is -0.380. The van der Waals surface area contributed by atoms with E-state index >= 15 is 0 Å². The van der Waals surface area contributed by atoms with Crippen LogP contribution in [0.3, 0.4) is 0 Å². The highest BCUT2D eigenvalue weighted by molar-refractivity contribution is 7.12. The molecule has 118 valence electrons. The third-order valence-corrected chi connectivity index (χ3v) is 6.28. The minimum absolute atomic E-state index is 0.811. The van der Waals surface area contributed by atoms with Crippen molar-refractivity contribution >= 4 is 11.3 Å². The van der Waals surface area contributed by atoms with Gasteiger partial charge in [-0.2, -0.15) is 0 Å². The first kappa shape index (κ1) is 15.5. The highest BCUT2D eigenvalue weighted by Gasteiger charge is 2.23. The Kier molecular flexibility index (Phi) is 5.03. The molecule has 2 fully saturated rings. The molecule has 3 heteroatoms. The molecule has 21 heavy (non-hydrogen) atoms. The van der Waals surface area contributed by atoms with Crippen molar-refractivity contribution < 1.29 is 0 Å². The van der Waals surface area contributed by atoms with E-state index in [9.17, 15) is 0 Å². The summed E-state index contributed by atoms with van der Waals surface area (Å²) in [6.07, 6.45) is 5.53. The molecule has 1 aromatic heterocycles. The largest absolute Gasteiger partial charge is 0.309 e. The number of hydrogen-bond acceptors (Lipinski definition) is 3. The van der Waals surface area contributed by atoms with Crippen LogP contribution in [0.1, 0.15) is 54.8 Å². The van der Waals surface area contributed by atoms with E-state index in [0.717, 1.165) is 31.0 Å². The zero-order valence-corrected chi connectivity index (χ0v) is 14.6. The van der Waals surface area contributed by atoms with Gasteiger partial charge in [-0.15, -0.1) is 11.3 Å². The summed E-state index contributed by atoms with van der Waals surface area (Å²) in [7, 11) is 0. The Bertz CT molecular complexity index is 454. The molecule has 3 rings (SSSR count). The van der Waals surface area contributed by atoms with Gasteiger partial charge in [-0.3, -0.25) is 4.90 Å². The monoisotopic (exact) mass is 306 g/mol. The van der Waals surface area contributed by atoms with Crippen LogP contribution in [0.5, 0.6) is 0 Å². The molecule has 2 nitrogen and oxygen atoms in total. The first-order chi connectivity index (χ1) is 10.1. The Morgan fingerprint density at radius 2 is 1.95 bits per heavy atom. The molecular weight excluding hydrogens is 276 g/mol. The van der Waals surface area contributed by atoms with Crippen LogP contribution >= 0.6 is 11.3 Å².